The SMILES string of the molecule is CON=C(Cl)c1cccnc1. The van der Waals surface area contributed by atoms with Gasteiger partial charge in [0.15, 0.2) is 5.17 Å². The van der Waals surface area contributed by atoms with Crippen LogP contribution in [0.3, 0.4) is 0 Å². The molecule has 0 fully saturated rings. The summed E-state index contributed by atoms with van der Waals surface area (Å²) < 4.78 is 0. The van der Waals surface area contributed by atoms with Crippen molar-refractivity contribution in [2.24, 2.45) is 5.16 Å². The molecule has 0 aromatic carbocycles. The third kappa shape index (κ3) is 2.20. The van der Waals surface area contributed by atoms with Gasteiger partial charge in [0.25, 0.3) is 0 Å². The lowest BCUT2D eigenvalue weighted by Gasteiger charge is -1.94. The van der Waals surface area contributed by atoms with Crippen LogP contribution in [0, 0.1) is 0 Å². The van der Waals surface area contributed by atoms with Crippen LogP contribution in [-0.4, -0.2) is 17.3 Å². The topological polar surface area (TPSA) is 34.5 Å². The quantitative estimate of drug-likeness (QED) is 0.500. The molecule has 0 radical (unpaired) electrons. The number of rotatable bonds is 2. The molecule has 58 valence electrons. The molecule has 0 saturated heterocycles. The van der Waals surface area contributed by atoms with E-state index in [1.54, 1.807) is 24.5 Å². The zero-order chi connectivity index (χ0) is 8.10. The van der Waals surface area contributed by atoms with Crippen molar-refractivity contribution in [1.82, 2.24) is 4.98 Å². The summed E-state index contributed by atoms with van der Waals surface area (Å²) >= 11 is 5.69. The Balaban J connectivity index is 2.85. The molecule has 0 bridgehead atoms. The van der Waals surface area contributed by atoms with Crippen LogP contribution in [0.5, 0.6) is 0 Å². The summed E-state index contributed by atoms with van der Waals surface area (Å²) in [6.07, 6.45) is 3.28. The predicted octanol–water partition coefficient (Wildman–Crippen LogP) is 1.63. The molecular formula is C7H7ClN2O. The van der Waals surface area contributed by atoms with Crippen molar-refractivity contribution in [3.8, 4) is 0 Å². The zero-order valence-corrected chi connectivity index (χ0v) is 6.75. The Morgan fingerprint density at radius 3 is 3.09 bits per heavy atom. The maximum absolute atomic E-state index is 5.69. The Labute approximate surface area is 69.6 Å². The summed E-state index contributed by atoms with van der Waals surface area (Å²) in [6, 6.07) is 3.58. The second-order valence-electron chi connectivity index (χ2n) is 1.81. The molecule has 0 aliphatic carbocycles. The van der Waals surface area contributed by atoms with Crippen molar-refractivity contribution in [2.45, 2.75) is 0 Å². The highest BCUT2D eigenvalue weighted by atomic mass is 35.5. The van der Waals surface area contributed by atoms with Crippen molar-refractivity contribution >= 4 is 16.8 Å². The summed E-state index contributed by atoms with van der Waals surface area (Å²) in [4.78, 5) is 8.35. The van der Waals surface area contributed by atoms with Gasteiger partial charge in [0.05, 0.1) is 0 Å². The molecule has 1 heterocycles. The van der Waals surface area contributed by atoms with Crippen LogP contribution in [0.1, 0.15) is 5.56 Å². The lowest BCUT2D eigenvalue weighted by molar-refractivity contribution is 0.214. The summed E-state index contributed by atoms with van der Waals surface area (Å²) in [7, 11) is 1.44. The Hall–Kier alpha value is -1.09. The molecule has 11 heavy (non-hydrogen) atoms. The fraction of sp³-hybridized carbons (Fsp3) is 0.143. The van der Waals surface area contributed by atoms with Crippen molar-refractivity contribution in [3.63, 3.8) is 0 Å². The molecule has 1 aromatic rings. The molecule has 1 aromatic heterocycles. The molecule has 0 N–H and O–H groups in total. The van der Waals surface area contributed by atoms with E-state index in [0.29, 0.717) is 5.17 Å². The van der Waals surface area contributed by atoms with Crippen LogP contribution in [-0.2, 0) is 4.84 Å². The average Bonchev–Trinajstić information content (AvgIpc) is 2.07. The van der Waals surface area contributed by atoms with Gasteiger partial charge < -0.3 is 4.84 Å². The smallest absolute Gasteiger partial charge is 0.177 e. The van der Waals surface area contributed by atoms with Gasteiger partial charge in [-0.25, -0.2) is 0 Å². The van der Waals surface area contributed by atoms with Crippen molar-refractivity contribution in [2.75, 3.05) is 7.11 Å². The van der Waals surface area contributed by atoms with E-state index >= 15 is 0 Å². The average molecular weight is 171 g/mol. The third-order valence-electron chi connectivity index (χ3n) is 1.07. The number of hydrogen-bond acceptors (Lipinski definition) is 3. The molecule has 0 amide bonds. The van der Waals surface area contributed by atoms with E-state index in [1.807, 2.05) is 0 Å². The fourth-order valence-corrected chi connectivity index (χ4v) is 0.798. The zero-order valence-electron chi connectivity index (χ0n) is 5.99. The minimum absolute atomic E-state index is 0.306. The second kappa shape index (κ2) is 3.93. The predicted molar refractivity (Wildman–Crippen MR) is 43.6 cm³/mol. The van der Waals surface area contributed by atoms with E-state index in [1.165, 1.54) is 7.11 Å². The summed E-state index contributed by atoms with van der Waals surface area (Å²) in [5, 5.41) is 3.84. The first kappa shape index (κ1) is 8.01. The first-order valence-corrected chi connectivity index (χ1v) is 3.39. The summed E-state index contributed by atoms with van der Waals surface area (Å²) in [5.41, 5.74) is 0.746. The molecule has 1 rings (SSSR count). The van der Waals surface area contributed by atoms with Gasteiger partial charge in [0, 0.05) is 18.0 Å². The number of nitrogens with zero attached hydrogens (tertiary/aromatic N) is 2. The number of aromatic nitrogens is 1. The number of hydrogen-bond donors (Lipinski definition) is 0. The highest BCUT2D eigenvalue weighted by Crippen LogP contribution is 2.02. The van der Waals surface area contributed by atoms with Gasteiger partial charge >= 0.3 is 0 Å². The highest BCUT2D eigenvalue weighted by molar-refractivity contribution is 6.69. The van der Waals surface area contributed by atoms with Gasteiger partial charge in [0.1, 0.15) is 7.11 Å². The minimum atomic E-state index is 0.306. The van der Waals surface area contributed by atoms with Crippen molar-refractivity contribution in [3.05, 3.63) is 30.1 Å². The molecule has 0 atom stereocenters. The lowest BCUT2D eigenvalue weighted by Crippen LogP contribution is -1.91. The van der Waals surface area contributed by atoms with Crippen LogP contribution in [0.15, 0.2) is 29.7 Å². The van der Waals surface area contributed by atoms with Gasteiger partial charge in [-0.3, -0.25) is 4.98 Å². The number of oxime groups is 1. The standard InChI is InChI=1S/C7H7ClN2O/c1-11-10-7(8)6-3-2-4-9-5-6/h2-5H,1H3. The van der Waals surface area contributed by atoms with Crippen LogP contribution in [0.25, 0.3) is 0 Å². The fourth-order valence-electron chi connectivity index (χ4n) is 0.618. The van der Waals surface area contributed by atoms with Gasteiger partial charge in [-0.1, -0.05) is 16.8 Å². The molecule has 0 spiro atoms. The van der Waals surface area contributed by atoms with Gasteiger partial charge in [0.2, 0.25) is 0 Å². The van der Waals surface area contributed by atoms with Crippen LogP contribution < -0.4 is 0 Å². The highest BCUT2D eigenvalue weighted by Gasteiger charge is 1.97. The molecule has 0 aliphatic rings. The third-order valence-corrected chi connectivity index (χ3v) is 1.36. The van der Waals surface area contributed by atoms with Crippen molar-refractivity contribution < 1.29 is 4.84 Å². The monoisotopic (exact) mass is 170 g/mol. The minimum Gasteiger partial charge on any atom is -0.398 e. The van der Waals surface area contributed by atoms with Crippen LogP contribution in [0.4, 0.5) is 0 Å². The first-order valence-electron chi connectivity index (χ1n) is 3.01. The maximum Gasteiger partial charge on any atom is 0.177 e. The van der Waals surface area contributed by atoms with E-state index < -0.39 is 0 Å². The maximum atomic E-state index is 5.69. The summed E-state index contributed by atoms with van der Waals surface area (Å²) in [6.45, 7) is 0. The first-order chi connectivity index (χ1) is 5.34. The molecule has 4 heteroatoms. The van der Waals surface area contributed by atoms with Gasteiger partial charge in [-0.15, -0.1) is 0 Å². The van der Waals surface area contributed by atoms with E-state index in [-0.39, 0.29) is 0 Å². The Bertz CT molecular complexity index is 248. The molecule has 0 saturated carbocycles. The Morgan fingerprint density at radius 2 is 2.55 bits per heavy atom. The second-order valence-corrected chi connectivity index (χ2v) is 2.16. The van der Waals surface area contributed by atoms with Gasteiger partial charge in [-0.05, 0) is 12.1 Å². The normalized spacial score (nSPS) is 11.3. The van der Waals surface area contributed by atoms with Gasteiger partial charge in [-0.2, -0.15) is 0 Å². The van der Waals surface area contributed by atoms with E-state index in [4.69, 9.17) is 11.6 Å². The molecule has 0 aliphatic heterocycles. The van der Waals surface area contributed by atoms with E-state index in [2.05, 4.69) is 15.0 Å². The van der Waals surface area contributed by atoms with Crippen LogP contribution in [0.2, 0.25) is 0 Å². The molecule has 3 nitrogen and oxygen atoms in total. The Morgan fingerprint density at radius 1 is 1.73 bits per heavy atom. The van der Waals surface area contributed by atoms with E-state index in [9.17, 15) is 0 Å². The number of pyridine rings is 1. The van der Waals surface area contributed by atoms with E-state index in [0.717, 1.165) is 5.56 Å². The Kier molecular flexibility index (Phi) is 2.86. The number of halogens is 1. The largest absolute Gasteiger partial charge is 0.398 e. The summed E-state index contributed by atoms with van der Waals surface area (Å²) in [5.74, 6) is 0. The van der Waals surface area contributed by atoms with Crippen LogP contribution >= 0.6 is 11.6 Å². The lowest BCUT2D eigenvalue weighted by atomic mass is 10.3. The molecule has 0 unspecified atom stereocenters. The molecular weight excluding hydrogens is 164 g/mol. The van der Waals surface area contributed by atoms with Crippen molar-refractivity contribution in [1.29, 1.82) is 0 Å².